The van der Waals surface area contributed by atoms with Crippen molar-refractivity contribution < 1.29 is 48.0 Å². The number of halogens is 3. The summed E-state index contributed by atoms with van der Waals surface area (Å²) in [6, 6.07) is 26.3. The van der Waals surface area contributed by atoms with Gasteiger partial charge in [-0.2, -0.15) is 0 Å². The lowest BCUT2D eigenvalue weighted by Crippen LogP contribution is -2.46. The summed E-state index contributed by atoms with van der Waals surface area (Å²) in [5.74, 6) is 1.26. The van der Waals surface area contributed by atoms with Crippen LogP contribution in [0.4, 0.5) is 39.8 Å². The molecule has 10 aromatic rings. The number of nitrogens with zero attached hydrogens (tertiary/aromatic N) is 16. The van der Waals surface area contributed by atoms with Crippen LogP contribution in [0.15, 0.2) is 129 Å². The van der Waals surface area contributed by atoms with E-state index in [0.717, 1.165) is 231 Å². The SMILES string of the molecule is CN.CN1CCC(N2C(=O)c3cc(N)c([N+](=O)[O-])cc3C2=O)CC1.CN1CCC(N2Cc3cc(N)c(N)cc3C2=O)CC1.CN1CCC(N2Cc3cc4c(cc3C2=O)CC(c2c(Cl)cc[nH]c2=O)=N4)CC1.CNc1cc[nH]c(=O)c1C1=Nc2cc3c(cc2C1)C(=O)N(C1CCN(C)CC1)C3.COc1nccc(I)c1-c1nc2cc3c(cc2[nH]1)CN(C1CCN(C)CC1)C3=O.COc1nccc(I)c1C=O. The van der Waals surface area contributed by atoms with Gasteiger partial charge in [0.05, 0.1) is 108 Å². The quantitative estimate of drug-likeness (QED) is 0.0133. The number of piperidine rings is 5. The average molecular weight is 2150 g/mol. The van der Waals surface area contributed by atoms with Gasteiger partial charge in [0.25, 0.3) is 52.2 Å². The maximum absolute atomic E-state index is 13.1. The maximum atomic E-state index is 13.1. The number of ether oxygens (including phenoxy) is 2. The van der Waals surface area contributed by atoms with E-state index in [-0.39, 0.29) is 63.3 Å². The number of fused-ring (bicyclic) bond motifs is 8. The van der Waals surface area contributed by atoms with Crippen LogP contribution in [-0.2, 0) is 39.0 Å². The lowest BCUT2D eigenvalue weighted by atomic mass is 10.00. The number of rotatable bonds is 13. The molecule has 12 N–H and O–H groups in total. The first-order valence-electron chi connectivity index (χ1n) is 46.8. The monoisotopic (exact) mass is 2150 g/mol. The molecule has 0 spiro atoms. The van der Waals surface area contributed by atoms with Gasteiger partial charge < -0.3 is 96.8 Å². The minimum atomic E-state index is -0.647. The van der Waals surface area contributed by atoms with Gasteiger partial charge in [0.2, 0.25) is 11.8 Å². The van der Waals surface area contributed by atoms with Crippen LogP contribution in [0.2, 0.25) is 5.02 Å². The van der Waals surface area contributed by atoms with Crippen LogP contribution < -0.4 is 48.8 Å². The van der Waals surface area contributed by atoms with Gasteiger partial charge in [-0.05, 0) is 329 Å². The van der Waals surface area contributed by atoms with Crippen LogP contribution >= 0.6 is 56.8 Å². The molecule has 5 aromatic carbocycles. The maximum Gasteiger partial charge on any atom is 0.292 e. The van der Waals surface area contributed by atoms with Crippen LogP contribution in [0.5, 0.6) is 11.8 Å². The minimum absolute atomic E-state index is 0.0739. The summed E-state index contributed by atoms with van der Waals surface area (Å²) < 4.78 is 12.1. The van der Waals surface area contributed by atoms with Crippen molar-refractivity contribution in [1.29, 1.82) is 0 Å². The summed E-state index contributed by atoms with van der Waals surface area (Å²) in [4.78, 5) is 174. The van der Waals surface area contributed by atoms with Crippen molar-refractivity contribution in [2.75, 3.05) is 152 Å². The number of nitro benzene ring substituents is 1. The molecule has 12 aliphatic rings. The molecule has 6 amide bonds. The molecule has 0 atom stereocenters. The first-order chi connectivity index (χ1) is 67.3. The van der Waals surface area contributed by atoms with E-state index < -0.39 is 16.7 Å². The fraction of sp³-hybridized carbons (Fsp3) is 0.400. The molecule has 140 heavy (non-hydrogen) atoms. The molecule has 40 heteroatoms. The Hall–Kier alpha value is -12.5. The van der Waals surface area contributed by atoms with Crippen molar-refractivity contribution in [3.8, 4) is 23.1 Å². The topological polar surface area (TPSA) is 475 Å². The van der Waals surface area contributed by atoms with Gasteiger partial charge in [-0.25, -0.2) is 15.0 Å². The van der Waals surface area contributed by atoms with Crippen molar-refractivity contribution in [2.45, 2.75) is 133 Å². The molecule has 0 aliphatic carbocycles. The molecule has 0 unspecified atom stereocenters. The average Bonchev–Trinajstić information content (AvgIpc) is 1.62. The van der Waals surface area contributed by atoms with Gasteiger partial charge in [-0.15, -0.1) is 0 Å². The van der Waals surface area contributed by atoms with E-state index in [1.54, 1.807) is 50.9 Å². The van der Waals surface area contributed by atoms with Gasteiger partial charge in [0.1, 0.15) is 11.5 Å². The molecule has 22 rings (SSSR count). The number of amides is 6. The largest absolute Gasteiger partial charge is 0.480 e. The number of carbonyl (C=O) groups excluding carboxylic acids is 7. The third-order valence-electron chi connectivity index (χ3n) is 28.2. The number of pyridine rings is 4. The highest BCUT2D eigenvalue weighted by molar-refractivity contribution is 14.1. The number of hydrogen-bond donors (Lipinski definition) is 8. The Morgan fingerprint density at radius 3 is 1.31 bits per heavy atom. The minimum Gasteiger partial charge on any atom is -0.480 e. The van der Waals surface area contributed by atoms with Gasteiger partial charge in [-0.3, -0.25) is 68.1 Å². The number of aromatic nitrogens is 6. The number of carbonyl (C=O) groups is 7. The van der Waals surface area contributed by atoms with Gasteiger partial charge in [0, 0.05) is 137 Å². The zero-order valence-corrected chi connectivity index (χ0v) is 84.7. The lowest BCUT2D eigenvalue weighted by molar-refractivity contribution is -0.383. The fourth-order valence-corrected chi connectivity index (χ4v) is 21.8. The number of aliphatic imine (C=N–C) groups is 2. The van der Waals surface area contributed by atoms with Crippen LogP contribution in [-0.4, -0.2) is 296 Å². The molecule has 0 saturated carbocycles. The summed E-state index contributed by atoms with van der Waals surface area (Å²) in [7, 11) is 16.9. The van der Waals surface area contributed by atoms with E-state index >= 15 is 0 Å². The van der Waals surface area contributed by atoms with Crippen LogP contribution in [0.1, 0.15) is 181 Å². The second kappa shape index (κ2) is 43.3. The summed E-state index contributed by atoms with van der Waals surface area (Å²) in [6.07, 6.45) is 18.0. The van der Waals surface area contributed by atoms with Crippen molar-refractivity contribution in [3.05, 3.63) is 236 Å². The Bertz CT molecular complexity index is 6710. The lowest BCUT2D eigenvalue weighted by Gasteiger charge is -2.34. The molecular weight excluding hydrogens is 2030 g/mol. The van der Waals surface area contributed by atoms with E-state index in [9.17, 15) is 53.3 Å². The van der Waals surface area contributed by atoms with Gasteiger partial charge >= 0.3 is 0 Å². The summed E-state index contributed by atoms with van der Waals surface area (Å²) in [6.45, 7) is 12.6. The number of nitrogen functional groups attached to an aromatic ring is 3. The van der Waals surface area contributed by atoms with Gasteiger partial charge in [-0.1, -0.05) is 11.6 Å². The molecule has 17 heterocycles. The number of imidazole rings is 1. The molecule has 734 valence electrons. The number of nitrogens with two attached hydrogens (primary N) is 4. The zero-order valence-electron chi connectivity index (χ0n) is 79.6. The van der Waals surface area contributed by atoms with Crippen LogP contribution in [0.3, 0.4) is 0 Å². The van der Waals surface area contributed by atoms with E-state index in [1.165, 1.54) is 31.3 Å². The number of likely N-dealkylation sites (tertiary alicyclic amines) is 5. The number of nitrogens with one attached hydrogen (secondary N) is 4. The number of aromatic amines is 3. The van der Waals surface area contributed by atoms with Crippen LogP contribution in [0.25, 0.3) is 22.4 Å². The molecule has 12 aliphatic heterocycles. The van der Waals surface area contributed by atoms with Crippen molar-refractivity contribution >= 4 is 161 Å². The molecule has 37 nitrogen and oxygen atoms in total. The Kier molecular flexibility index (Phi) is 31.1. The molecule has 0 bridgehead atoms. The highest BCUT2D eigenvalue weighted by Gasteiger charge is 2.45. The number of benzene rings is 5. The number of aldehydes is 1. The third-order valence-corrected chi connectivity index (χ3v) is 30.4. The standard InChI is InChI=1S/C22H25N5O2.C21H21ClN4O2.C21H22IN5O2.C14H16N4O4.C14H20N4O.C7H6INO2.CH5N/c1-23-17-3-6-24-21(28)20(17)19-10-13-9-16-14(11-18(13)25-19)12-27(22(16)29)15-4-7-26(2)8-5-15;1-25-6-3-14(4-7-25)26-11-13-10-17-12(8-15(13)21(26)28)9-18(24-17)19-16(22)2-5-23-20(19)27;1-26-7-4-13(5-8-26)27-11-12-9-16-17(10-14(12)21(27)28)25-19(24-16)18-15(22)3-6-23-20(18)29-2;1-16-4-2-8(3-5-16)17-13(19)9-6-11(15)12(18(21)22)7-10(9)14(17)20;1-17-4-2-10(3-5-17)18-8-9-6-12(15)13(16)7-11(9)14(18)19;1-11-7-5(4-10)6(8)2-3-9-7;1-2/h3,6,9,11,15H,4-5,7-8,10,12H2,1-2H3,(H2,23,24,28);2,5,8,10,14H,3-4,6-7,9,11H2,1H3,(H,23,27);3,6,9-10,13H,4-5,7-8,11H2,1-2H3,(H,24,25);6-8H,2-5,15H2,1H3;6-7,10H,2-5,8,15-16H2,1H3;2-4H,1H3;2H2,1H3. The smallest absolute Gasteiger partial charge is 0.292 e. The highest BCUT2D eigenvalue weighted by Crippen LogP contribution is 2.43. The molecule has 0 radical (unpaired) electrons. The summed E-state index contributed by atoms with van der Waals surface area (Å²) in [5.41, 5.74) is 39.4. The van der Waals surface area contributed by atoms with E-state index in [0.29, 0.717) is 132 Å². The molecule has 5 aromatic heterocycles. The van der Waals surface area contributed by atoms with Gasteiger partial charge in [0.15, 0.2) is 6.29 Å². The molecular formula is C100H115ClI2N24O13. The first kappa shape index (κ1) is 100. The Morgan fingerprint density at radius 2 is 0.864 bits per heavy atom. The number of anilines is 4. The summed E-state index contributed by atoms with van der Waals surface area (Å²) >= 11 is 10.5. The number of nitro groups is 1. The number of methoxy groups -OCH3 is 2. The predicted octanol–water partition coefficient (Wildman–Crippen LogP) is 11.0. The summed E-state index contributed by atoms with van der Waals surface area (Å²) in [5, 5.41) is 14.4. The zero-order chi connectivity index (χ0) is 99.5. The van der Waals surface area contributed by atoms with Crippen molar-refractivity contribution in [1.82, 2.24) is 78.9 Å². The van der Waals surface area contributed by atoms with Crippen molar-refractivity contribution in [3.63, 3.8) is 0 Å². The Balaban J connectivity index is 0.000000123. The van der Waals surface area contributed by atoms with Crippen LogP contribution in [0, 0.1) is 17.3 Å². The number of H-pyrrole nitrogens is 3. The first-order valence-corrected chi connectivity index (χ1v) is 49.4. The Morgan fingerprint density at radius 1 is 0.471 bits per heavy atom. The van der Waals surface area contributed by atoms with E-state index in [2.05, 4.69) is 145 Å². The normalized spacial score (nSPS) is 18.3. The highest BCUT2D eigenvalue weighted by atomic mass is 127. The second-order valence-corrected chi connectivity index (χ2v) is 39.7. The molecule has 5 fully saturated rings. The van der Waals surface area contributed by atoms with E-state index in [1.807, 2.05) is 75.2 Å². The van der Waals surface area contributed by atoms with Crippen molar-refractivity contribution in [2.24, 2.45) is 15.7 Å². The molecule has 5 saturated heterocycles. The van der Waals surface area contributed by atoms with E-state index in [4.69, 9.17) is 48.3 Å². The number of imide groups is 1. The third kappa shape index (κ3) is 20.8. The second-order valence-electron chi connectivity index (χ2n) is 37.0. The fourth-order valence-electron chi connectivity index (χ4n) is 20.4. The Labute approximate surface area is 841 Å². The predicted molar refractivity (Wildman–Crippen MR) is 554 cm³/mol. The number of hydrogen-bond acceptors (Lipinski definition) is 28.